The number of halogens is 1. The summed E-state index contributed by atoms with van der Waals surface area (Å²) in [5.74, 6) is 0.989. The first kappa shape index (κ1) is 26.9. The minimum absolute atomic E-state index is 0.00918. The van der Waals surface area contributed by atoms with Crippen LogP contribution in [0, 0.1) is 18.3 Å². The number of carbonyl (C=O) groups is 1. The second-order valence-electron chi connectivity index (χ2n) is 8.92. The number of aryl methyl sites for hydroxylation is 1. The molecular weight excluding hydrogens is 504 g/mol. The molecule has 1 unspecified atom stereocenters. The Morgan fingerprint density at radius 1 is 1.05 bits per heavy atom. The maximum absolute atomic E-state index is 12.4. The number of hydrogen-bond donors (Lipinski definition) is 1. The van der Waals surface area contributed by atoms with Crippen molar-refractivity contribution in [2.45, 2.75) is 39.0 Å². The molecule has 4 rings (SSSR count). The maximum atomic E-state index is 12.4. The summed E-state index contributed by atoms with van der Waals surface area (Å²) in [6.07, 6.45) is 3.26. The van der Waals surface area contributed by atoms with Crippen molar-refractivity contribution in [2.75, 3.05) is 13.2 Å². The molecule has 1 atom stereocenters. The fourth-order valence-electron chi connectivity index (χ4n) is 4.21. The number of nitrogens with zero attached hydrogens (tertiary/aromatic N) is 1. The van der Waals surface area contributed by atoms with Crippen LogP contribution < -0.4 is 24.7 Å². The molecule has 0 fully saturated rings. The van der Waals surface area contributed by atoms with E-state index >= 15 is 0 Å². The molecule has 0 bridgehead atoms. The minimum Gasteiger partial charge on any atom is -0.494 e. The van der Waals surface area contributed by atoms with Crippen molar-refractivity contribution in [3.8, 4) is 29.1 Å². The van der Waals surface area contributed by atoms with Gasteiger partial charge in [-0.1, -0.05) is 49.6 Å². The van der Waals surface area contributed by atoms with Gasteiger partial charge in [0.05, 0.1) is 12.5 Å². The van der Waals surface area contributed by atoms with Crippen LogP contribution in [0.3, 0.4) is 0 Å². The predicted molar refractivity (Wildman–Crippen MR) is 145 cm³/mol. The zero-order valence-corrected chi connectivity index (χ0v) is 22.1. The lowest BCUT2D eigenvalue weighted by Crippen LogP contribution is -2.21. The summed E-state index contributed by atoms with van der Waals surface area (Å²) in [4.78, 5) is 12.4. The maximum Gasteiger partial charge on any atom is 0.349 e. The Morgan fingerprint density at radius 2 is 1.82 bits per heavy atom. The number of allylic oxidation sites excluding steroid dienone is 1. The lowest BCUT2D eigenvalue weighted by atomic mass is 9.83. The summed E-state index contributed by atoms with van der Waals surface area (Å²) in [6, 6.07) is 19.9. The van der Waals surface area contributed by atoms with Crippen LogP contribution in [0.25, 0.3) is 0 Å². The van der Waals surface area contributed by atoms with E-state index in [2.05, 4.69) is 13.0 Å². The largest absolute Gasteiger partial charge is 0.494 e. The van der Waals surface area contributed by atoms with Gasteiger partial charge in [-0.3, -0.25) is 0 Å². The van der Waals surface area contributed by atoms with Gasteiger partial charge in [-0.05, 0) is 60.9 Å². The zero-order chi connectivity index (χ0) is 27.1. The first-order valence-electron chi connectivity index (χ1n) is 12.4. The highest BCUT2D eigenvalue weighted by atomic mass is 35.5. The lowest BCUT2D eigenvalue weighted by molar-refractivity contribution is -0.136. The van der Waals surface area contributed by atoms with Crippen molar-refractivity contribution >= 4 is 17.6 Å². The highest BCUT2D eigenvalue weighted by molar-refractivity contribution is 6.30. The highest BCUT2D eigenvalue weighted by Crippen LogP contribution is 2.43. The third-order valence-electron chi connectivity index (χ3n) is 6.13. The van der Waals surface area contributed by atoms with Crippen LogP contribution in [0.5, 0.6) is 23.0 Å². The fourth-order valence-corrected chi connectivity index (χ4v) is 4.44. The van der Waals surface area contributed by atoms with Crippen molar-refractivity contribution in [1.82, 2.24) is 0 Å². The van der Waals surface area contributed by atoms with E-state index in [0.717, 1.165) is 41.7 Å². The lowest BCUT2D eigenvalue weighted by Gasteiger charge is -2.26. The van der Waals surface area contributed by atoms with Crippen LogP contribution in [0.4, 0.5) is 0 Å². The minimum atomic E-state index is -0.581. The molecule has 0 spiro atoms. The second kappa shape index (κ2) is 12.4. The second-order valence-corrected chi connectivity index (χ2v) is 9.36. The number of nitriles is 1. The van der Waals surface area contributed by atoms with E-state index in [9.17, 15) is 10.1 Å². The molecule has 0 saturated heterocycles. The number of unbranched alkanes of at least 4 members (excludes halogenated alkanes) is 2. The van der Waals surface area contributed by atoms with E-state index in [0.29, 0.717) is 28.7 Å². The van der Waals surface area contributed by atoms with Crippen LogP contribution in [0.2, 0.25) is 5.02 Å². The van der Waals surface area contributed by atoms with E-state index in [1.807, 2.05) is 31.2 Å². The Labute approximate surface area is 227 Å². The first-order valence-corrected chi connectivity index (χ1v) is 12.8. The van der Waals surface area contributed by atoms with Gasteiger partial charge >= 0.3 is 5.97 Å². The SMILES string of the molecule is CCCCCOc1ccc(C2C(C#N)=C(N)Oc3cc(OC(=O)COc4ccc(Cl)cc4C)ccc32)cc1. The van der Waals surface area contributed by atoms with Crippen LogP contribution in [-0.4, -0.2) is 19.2 Å². The van der Waals surface area contributed by atoms with Gasteiger partial charge in [-0.25, -0.2) is 4.79 Å². The molecule has 3 aromatic rings. The molecule has 0 amide bonds. The van der Waals surface area contributed by atoms with Gasteiger partial charge in [-0.2, -0.15) is 5.26 Å². The Bertz CT molecular complexity index is 1380. The molecule has 3 aromatic carbocycles. The van der Waals surface area contributed by atoms with E-state index in [-0.39, 0.29) is 18.2 Å². The van der Waals surface area contributed by atoms with Gasteiger partial charge in [0.15, 0.2) is 6.61 Å². The number of rotatable bonds is 10. The molecule has 0 aliphatic carbocycles. The van der Waals surface area contributed by atoms with Gasteiger partial charge < -0.3 is 24.7 Å². The predicted octanol–water partition coefficient (Wildman–Crippen LogP) is 6.42. The molecule has 0 radical (unpaired) electrons. The fraction of sp³-hybridized carbons (Fsp3) is 0.267. The van der Waals surface area contributed by atoms with Crippen LogP contribution in [-0.2, 0) is 4.79 Å². The average molecular weight is 533 g/mol. The Balaban J connectivity index is 1.48. The van der Waals surface area contributed by atoms with E-state index in [4.69, 9.17) is 36.3 Å². The van der Waals surface area contributed by atoms with Gasteiger partial charge in [-0.15, -0.1) is 0 Å². The number of hydrogen-bond acceptors (Lipinski definition) is 7. The van der Waals surface area contributed by atoms with Gasteiger partial charge in [0, 0.05) is 16.7 Å². The molecule has 1 heterocycles. The van der Waals surface area contributed by atoms with Crippen molar-refractivity contribution < 1.29 is 23.7 Å². The molecule has 196 valence electrons. The van der Waals surface area contributed by atoms with Gasteiger partial charge in [0.2, 0.25) is 5.88 Å². The summed E-state index contributed by atoms with van der Waals surface area (Å²) in [5, 5.41) is 10.4. The Hall–Kier alpha value is -4.15. The average Bonchev–Trinajstić information content (AvgIpc) is 2.90. The molecular formula is C30H29ClN2O5. The summed E-state index contributed by atoms with van der Waals surface area (Å²) < 4.78 is 22.6. The molecule has 1 aliphatic heterocycles. The third kappa shape index (κ3) is 6.39. The number of benzene rings is 3. The van der Waals surface area contributed by atoms with E-state index in [1.54, 1.807) is 36.4 Å². The summed E-state index contributed by atoms with van der Waals surface area (Å²) in [7, 11) is 0. The van der Waals surface area contributed by atoms with Crippen LogP contribution >= 0.6 is 11.6 Å². The van der Waals surface area contributed by atoms with Crippen molar-refractivity contribution in [1.29, 1.82) is 5.26 Å². The van der Waals surface area contributed by atoms with Crippen molar-refractivity contribution in [3.63, 3.8) is 0 Å². The van der Waals surface area contributed by atoms with Crippen LogP contribution in [0.15, 0.2) is 72.1 Å². The molecule has 7 nitrogen and oxygen atoms in total. The van der Waals surface area contributed by atoms with E-state index < -0.39 is 11.9 Å². The van der Waals surface area contributed by atoms with Crippen molar-refractivity contribution in [2.24, 2.45) is 5.73 Å². The normalized spacial score (nSPS) is 14.2. The summed E-state index contributed by atoms with van der Waals surface area (Å²) in [6.45, 7) is 4.37. The molecule has 2 N–H and O–H groups in total. The van der Waals surface area contributed by atoms with Gasteiger partial charge in [0.25, 0.3) is 0 Å². The standard InChI is InChI=1S/C30H29ClN2O5/c1-3-4-5-14-35-22-9-6-20(7-10-22)29-24-12-11-23(16-27(24)38-30(33)25(29)17-32)37-28(34)18-36-26-13-8-21(31)15-19(26)2/h6-13,15-16,29H,3-5,14,18,33H2,1-2H3. The van der Waals surface area contributed by atoms with E-state index in [1.165, 1.54) is 0 Å². The van der Waals surface area contributed by atoms with Gasteiger partial charge in [0.1, 0.15) is 34.6 Å². The smallest absolute Gasteiger partial charge is 0.349 e. The Morgan fingerprint density at radius 3 is 2.53 bits per heavy atom. The summed E-state index contributed by atoms with van der Waals surface area (Å²) >= 11 is 5.96. The van der Waals surface area contributed by atoms with Crippen LogP contribution in [0.1, 0.15) is 48.8 Å². The number of nitrogens with two attached hydrogens (primary N) is 1. The third-order valence-corrected chi connectivity index (χ3v) is 6.37. The van der Waals surface area contributed by atoms with Crippen molar-refractivity contribution in [3.05, 3.63) is 93.8 Å². The first-order chi connectivity index (χ1) is 18.4. The Kier molecular flexibility index (Phi) is 8.77. The zero-order valence-electron chi connectivity index (χ0n) is 21.3. The monoisotopic (exact) mass is 532 g/mol. The number of esters is 1. The molecule has 38 heavy (non-hydrogen) atoms. The molecule has 8 heteroatoms. The molecule has 0 aromatic heterocycles. The molecule has 1 aliphatic rings. The highest BCUT2D eigenvalue weighted by Gasteiger charge is 2.31. The topological polar surface area (TPSA) is 104 Å². The molecule has 0 saturated carbocycles. The summed E-state index contributed by atoms with van der Waals surface area (Å²) in [5.41, 5.74) is 8.84. The quantitative estimate of drug-likeness (QED) is 0.182. The number of fused-ring (bicyclic) bond motifs is 1. The number of carbonyl (C=O) groups excluding carboxylic acids is 1. The number of ether oxygens (including phenoxy) is 4.